The van der Waals surface area contributed by atoms with Gasteiger partial charge < -0.3 is 10.1 Å². The molecular formula is C11H10N2O. The fourth-order valence-corrected chi connectivity index (χ4v) is 1.46. The SMILES string of the molecule is C=Cc1ccc2c(c1)C(C=O)NC=N2. The molecule has 2 rings (SSSR count). The van der Waals surface area contributed by atoms with Crippen LogP contribution < -0.4 is 5.32 Å². The van der Waals surface area contributed by atoms with E-state index in [0.717, 1.165) is 23.1 Å². The molecule has 1 atom stereocenters. The molecular weight excluding hydrogens is 176 g/mol. The third-order valence-electron chi connectivity index (χ3n) is 2.22. The molecule has 0 bridgehead atoms. The first kappa shape index (κ1) is 8.69. The minimum atomic E-state index is -0.289. The molecule has 0 aromatic heterocycles. The van der Waals surface area contributed by atoms with Gasteiger partial charge in [0.1, 0.15) is 12.3 Å². The number of carbonyl (C=O) groups excluding carboxylic acids is 1. The minimum absolute atomic E-state index is 0.289. The van der Waals surface area contributed by atoms with Gasteiger partial charge in [-0.25, -0.2) is 4.99 Å². The highest BCUT2D eigenvalue weighted by atomic mass is 16.1. The Morgan fingerprint density at radius 3 is 3.07 bits per heavy atom. The minimum Gasteiger partial charge on any atom is -0.363 e. The molecule has 0 amide bonds. The highest BCUT2D eigenvalue weighted by Crippen LogP contribution is 2.28. The van der Waals surface area contributed by atoms with E-state index in [1.54, 1.807) is 12.4 Å². The van der Waals surface area contributed by atoms with E-state index in [9.17, 15) is 4.79 Å². The van der Waals surface area contributed by atoms with Gasteiger partial charge in [-0.05, 0) is 17.7 Å². The van der Waals surface area contributed by atoms with E-state index in [4.69, 9.17) is 0 Å². The maximum atomic E-state index is 10.8. The lowest BCUT2D eigenvalue weighted by Crippen LogP contribution is -2.23. The molecule has 0 radical (unpaired) electrons. The zero-order chi connectivity index (χ0) is 9.97. The fourth-order valence-electron chi connectivity index (χ4n) is 1.46. The Bertz CT molecular complexity index is 410. The van der Waals surface area contributed by atoms with Gasteiger partial charge in [-0.15, -0.1) is 0 Å². The molecule has 1 aliphatic heterocycles. The molecule has 70 valence electrons. The molecule has 1 N–H and O–H groups in total. The quantitative estimate of drug-likeness (QED) is 0.716. The second-order valence-corrected chi connectivity index (χ2v) is 3.06. The lowest BCUT2D eigenvalue weighted by molar-refractivity contribution is -0.109. The second kappa shape index (κ2) is 3.46. The van der Waals surface area contributed by atoms with Crippen LogP contribution in [0.1, 0.15) is 17.2 Å². The molecule has 14 heavy (non-hydrogen) atoms. The highest BCUT2D eigenvalue weighted by Gasteiger charge is 2.16. The maximum Gasteiger partial charge on any atom is 0.146 e. The summed E-state index contributed by atoms with van der Waals surface area (Å²) in [6.45, 7) is 3.68. The molecule has 0 fully saturated rings. The van der Waals surface area contributed by atoms with Crippen molar-refractivity contribution in [3.8, 4) is 0 Å². The molecule has 0 aliphatic carbocycles. The number of nitrogens with zero attached hydrogens (tertiary/aromatic N) is 1. The number of benzene rings is 1. The molecule has 0 spiro atoms. The summed E-state index contributed by atoms with van der Waals surface area (Å²) in [6.07, 6.45) is 4.17. The third kappa shape index (κ3) is 1.33. The van der Waals surface area contributed by atoms with Crippen molar-refractivity contribution in [2.24, 2.45) is 4.99 Å². The van der Waals surface area contributed by atoms with E-state index in [-0.39, 0.29) is 6.04 Å². The number of carbonyl (C=O) groups is 1. The molecule has 1 aliphatic rings. The van der Waals surface area contributed by atoms with Crippen LogP contribution >= 0.6 is 0 Å². The van der Waals surface area contributed by atoms with Crippen LogP contribution in [0.2, 0.25) is 0 Å². The molecule has 0 saturated carbocycles. The molecule has 1 unspecified atom stereocenters. The Hall–Kier alpha value is -1.90. The summed E-state index contributed by atoms with van der Waals surface area (Å²) in [5.41, 5.74) is 2.74. The van der Waals surface area contributed by atoms with E-state index >= 15 is 0 Å². The summed E-state index contributed by atoms with van der Waals surface area (Å²) < 4.78 is 0. The first-order chi connectivity index (χ1) is 6.85. The maximum absolute atomic E-state index is 10.8. The van der Waals surface area contributed by atoms with Crippen molar-refractivity contribution in [3.05, 3.63) is 35.9 Å². The van der Waals surface area contributed by atoms with Crippen LogP contribution in [0.5, 0.6) is 0 Å². The Morgan fingerprint density at radius 1 is 1.50 bits per heavy atom. The Morgan fingerprint density at radius 2 is 2.36 bits per heavy atom. The normalized spacial score (nSPS) is 18.1. The first-order valence-corrected chi connectivity index (χ1v) is 4.35. The van der Waals surface area contributed by atoms with E-state index in [1.165, 1.54) is 0 Å². The molecule has 0 saturated heterocycles. The van der Waals surface area contributed by atoms with Gasteiger partial charge >= 0.3 is 0 Å². The monoisotopic (exact) mass is 186 g/mol. The summed E-state index contributed by atoms with van der Waals surface area (Å²) in [6, 6.07) is 5.45. The van der Waals surface area contributed by atoms with Crippen LogP contribution in [0, 0.1) is 0 Å². The Kier molecular flexibility index (Phi) is 2.14. The van der Waals surface area contributed by atoms with Crippen molar-refractivity contribution in [3.63, 3.8) is 0 Å². The standard InChI is InChI=1S/C11H10N2O/c1-2-8-3-4-10-9(5-8)11(6-14)13-7-12-10/h2-7,11H,1H2,(H,12,13). The molecule has 1 aromatic rings. The number of rotatable bonds is 2. The van der Waals surface area contributed by atoms with E-state index < -0.39 is 0 Å². The van der Waals surface area contributed by atoms with E-state index in [2.05, 4.69) is 16.9 Å². The molecule has 3 heteroatoms. The zero-order valence-corrected chi connectivity index (χ0v) is 7.60. The summed E-state index contributed by atoms with van der Waals surface area (Å²) in [5, 5.41) is 2.88. The first-order valence-electron chi connectivity index (χ1n) is 4.35. The molecule has 1 aromatic carbocycles. The number of hydrogen-bond donors (Lipinski definition) is 1. The Balaban J connectivity index is 2.54. The van der Waals surface area contributed by atoms with Crippen LogP contribution in [-0.2, 0) is 4.79 Å². The van der Waals surface area contributed by atoms with Gasteiger partial charge in [0.2, 0.25) is 0 Å². The van der Waals surface area contributed by atoms with Crippen LogP contribution in [0.3, 0.4) is 0 Å². The third-order valence-corrected chi connectivity index (χ3v) is 2.22. The van der Waals surface area contributed by atoms with E-state index in [0.29, 0.717) is 0 Å². The fraction of sp³-hybridized carbons (Fsp3) is 0.0909. The number of fused-ring (bicyclic) bond motifs is 1. The number of hydrogen-bond acceptors (Lipinski definition) is 3. The number of aliphatic imine (C=N–C) groups is 1. The highest BCUT2D eigenvalue weighted by molar-refractivity contribution is 5.78. The Labute approximate surface area is 82.2 Å². The smallest absolute Gasteiger partial charge is 0.146 e. The van der Waals surface area contributed by atoms with Crippen molar-refractivity contribution in [1.82, 2.24) is 5.32 Å². The average molecular weight is 186 g/mol. The summed E-state index contributed by atoms with van der Waals surface area (Å²) in [7, 11) is 0. The van der Waals surface area contributed by atoms with Gasteiger partial charge in [0.15, 0.2) is 0 Å². The van der Waals surface area contributed by atoms with Crippen molar-refractivity contribution >= 4 is 24.4 Å². The zero-order valence-electron chi connectivity index (χ0n) is 7.60. The van der Waals surface area contributed by atoms with Crippen molar-refractivity contribution < 1.29 is 4.79 Å². The largest absolute Gasteiger partial charge is 0.363 e. The predicted molar refractivity (Wildman–Crippen MR) is 56.6 cm³/mol. The summed E-state index contributed by atoms with van der Waals surface area (Å²) in [4.78, 5) is 14.9. The number of nitrogens with one attached hydrogen (secondary N) is 1. The van der Waals surface area contributed by atoms with Crippen LogP contribution in [0.15, 0.2) is 29.8 Å². The lowest BCUT2D eigenvalue weighted by Gasteiger charge is -2.17. The lowest BCUT2D eigenvalue weighted by atomic mass is 10.0. The molecule has 1 heterocycles. The van der Waals surface area contributed by atoms with Crippen molar-refractivity contribution in [2.75, 3.05) is 0 Å². The van der Waals surface area contributed by atoms with E-state index in [1.807, 2.05) is 18.2 Å². The summed E-state index contributed by atoms with van der Waals surface area (Å²) in [5.74, 6) is 0. The van der Waals surface area contributed by atoms with Gasteiger partial charge in [-0.2, -0.15) is 0 Å². The van der Waals surface area contributed by atoms with Gasteiger partial charge in [0, 0.05) is 5.56 Å². The van der Waals surface area contributed by atoms with Crippen LogP contribution in [0.4, 0.5) is 5.69 Å². The summed E-state index contributed by atoms with van der Waals surface area (Å²) >= 11 is 0. The van der Waals surface area contributed by atoms with Gasteiger partial charge in [-0.1, -0.05) is 18.7 Å². The topological polar surface area (TPSA) is 41.5 Å². The van der Waals surface area contributed by atoms with Gasteiger partial charge in [0.05, 0.1) is 12.0 Å². The number of aldehydes is 1. The van der Waals surface area contributed by atoms with Crippen molar-refractivity contribution in [2.45, 2.75) is 6.04 Å². The van der Waals surface area contributed by atoms with Crippen LogP contribution in [0.25, 0.3) is 6.08 Å². The average Bonchev–Trinajstić information content (AvgIpc) is 2.27. The second-order valence-electron chi connectivity index (χ2n) is 3.06. The van der Waals surface area contributed by atoms with Crippen LogP contribution in [-0.4, -0.2) is 12.6 Å². The van der Waals surface area contributed by atoms with Gasteiger partial charge in [0.25, 0.3) is 0 Å². The van der Waals surface area contributed by atoms with Gasteiger partial charge in [-0.3, -0.25) is 0 Å². The molecule has 3 nitrogen and oxygen atoms in total. The predicted octanol–water partition coefficient (Wildman–Crippen LogP) is 1.83. The van der Waals surface area contributed by atoms with Crippen molar-refractivity contribution in [1.29, 1.82) is 0 Å².